The largest absolute Gasteiger partial charge is 0.388 e. The summed E-state index contributed by atoms with van der Waals surface area (Å²) in [6.45, 7) is 0. The molecule has 0 radical (unpaired) electrons. The molecular weight excluding hydrogens is 400 g/mol. The highest BCUT2D eigenvalue weighted by atomic mass is 19.1. The predicted octanol–water partition coefficient (Wildman–Crippen LogP) is 5.07. The van der Waals surface area contributed by atoms with Gasteiger partial charge in [-0.1, -0.05) is 48.5 Å². The van der Waals surface area contributed by atoms with Crippen LogP contribution in [0.4, 0.5) is 14.5 Å². The van der Waals surface area contributed by atoms with Crippen molar-refractivity contribution in [2.24, 2.45) is 0 Å². The molecule has 0 aliphatic heterocycles. The van der Waals surface area contributed by atoms with Crippen LogP contribution in [0.25, 0.3) is 23.1 Å². The van der Waals surface area contributed by atoms with Crippen molar-refractivity contribution in [1.29, 1.82) is 0 Å². The predicted molar refractivity (Wildman–Crippen MR) is 116 cm³/mol. The number of aliphatic hydroxyl groups excluding tert-OH is 1. The molecule has 1 heterocycles. The van der Waals surface area contributed by atoms with Gasteiger partial charge in [-0.15, -0.1) is 0 Å². The summed E-state index contributed by atoms with van der Waals surface area (Å²) in [5, 5.41) is 20.3. The van der Waals surface area contributed by atoms with E-state index in [2.05, 4.69) is 15.5 Å². The van der Waals surface area contributed by atoms with Gasteiger partial charge in [0.2, 0.25) is 5.91 Å². The molecule has 4 rings (SSSR count). The second kappa shape index (κ2) is 8.89. The fourth-order valence-electron chi connectivity index (χ4n) is 3.20. The number of H-pyrrole nitrogens is 1. The van der Waals surface area contributed by atoms with Crippen molar-refractivity contribution in [2.75, 3.05) is 5.32 Å². The molecule has 0 bridgehead atoms. The topological polar surface area (TPSA) is 78.0 Å². The second-order valence-corrected chi connectivity index (χ2v) is 7.05. The van der Waals surface area contributed by atoms with Gasteiger partial charge in [0.25, 0.3) is 0 Å². The zero-order chi connectivity index (χ0) is 21.8. The highest BCUT2D eigenvalue weighted by molar-refractivity contribution is 5.96. The number of carbonyl (C=O) groups excluding carboxylic acids is 1. The number of aromatic nitrogens is 2. The monoisotopic (exact) mass is 419 g/mol. The molecule has 0 saturated carbocycles. The van der Waals surface area contributed by atoms with Crippen LogP contribution in [0.2, 0.25) is 0 Å². The molecule has 1 atom stereocenters. The average Bonchev–Trinajstić information content (AvgIpc) is 3.15. The molecule has 4 aromatic rings. The number of aliphatic hydroxyl groups is 1. The molecule has 0 fully saturated rings. The van der Waals surface area contributed by atoms with Gasteiger partial charge in [0.1, 0.15) is 11.6 Å². The van der Waals surface area contributed by atoms with E-state index in [1.165, 1.54) is 24.3 Å². The van der Waals surface area contributed by atoms with Gasteiger partial charge in [-0.05, 0) is 35.4 Å². The van der Waals surface area contributed by atoms with Crippen LogP contribution >= 0.6 is 0 Å². The van der Waals surface area contributed by atoms with E-state index in [4.69, 9.17) is 0 Å². The number of hydrogen-bond acceptors (Lipinski definition) is 3. The number of hydrogen-bond donors (Lipinski definition) is 3. The fourth-order valence-corrected chi connectivity index (χ4v) is 3.20. The molecule has 0 unspecified atom stereocenters. The van der Waals surface area contributed by atoms with E-state index >= 15 is 0 Å². The third-order valence-corrected chi connectivity index (χ3v) is 4.82. The van der Waals surface area contributed by atoms with Crippen molar-refractivity contribution in [2.45, 2.75) is 12.5 Å². The molecule has 31 heavy (non-hydrogen) atoms. The molecule has 3 N–H and O–H groups in total. The van der Waals surface area contributed by atoms with Crippen molar-refractivity contribution < 1.29 is 18.7 Å². The Morgan fingerprint density at radius 2 is 1.81 bits per heavy atom. The van der Waals surface area contributed by atoms with Gasteiger partial charge < -0.3 is 10.4 Å². The quantitative estimate of drug-likeness (QED) is 0.408. The number of carbonyl (C=O) groups is 1. The van der Waals surface area contributed by atoms with Crippen LogP contribution in [0.1, 0.15) is 29.3 Å². The number of amides is 1. The fraction of sp³-hybridized carbons (Fsp3) is 0.0833. The van der Waals surface area contributed by atoms with Gasteiger partial charge in [0, 0.05) is 11.5 Å². The molecule has 5 nitrogen and oxygen atoms in total. The van der Waals surface area contributed by atoms with E-state index < -0.39 is 17.8 Å². The third-order valence-electron chi connectivity index (χ3n) is 4.82. The van der Waals surface area contributed by atoms with E-state index in [0.29, 0.717) is 22.2 Å². The summed E-state index contributed by atoms with van der Waals surface area (Å²) in [7, 11) is 0. The van der Waals surface area contributed by atoms with E-state index in [1.807, 2.05) is 6.07 Å². The van der Waals surface area contributed by atoms with E-state index in [9.17, 15) is 18.7 Å². The molecule has 0 aliphatic rings. The SMILES string of the molecule is O=C(C[C@@H](O)c1ccccc1)Nc1cc2c(/C=C/c3ccc(F)cc3)n[nH]c2cc1F. The lowest BCUT2D eigenvalue weighted by molar-refractivity contribution is -0.118. The van der Waals surface area contributed by atoms with Gasteiger partial charge in [-0.2, -0.15) is 5.10 Å². The molecule has 0 aliphatic carbocycles. The summed E-state index contributed by atoms with van der Waals surface area (Å²) in [6, 6.07) is 17.5. The van der Waals surface area contributed by atoms with Gasteiger partial charge in [0.15, 0.2) is 0 Å². The first-order valence-corrected chi connectivity index (χ1v) is 9.64. The van der Waals surface area contributed by atoms with Crippen molar-refractivity contribution in [3.63, 3.8) is 0 Å². The molecule has 1 aromatic heterocycles. The normalized spacial score (nSPS) is 12.4. The number of nitrogens with zero attached hydrogens (tertiary/aromatic N) is 1. The van der Waals surface area contributed by atoms with Crippen molar-refractivity contribution in [3.8, 4) is 0 Å². The minimum Gasteiger partial charge on any atom is -0.388 e. The van der Waals surface area contributed by atoms with Gasteiger partial charge in [-0.25, -0.2) is 8.78 Å². The summed E-state index contributed by atoms with van der Waals surface area (Å²) < 4.78 is 27.5. The highest BCUT2D eigenvalue weighted by Gasteiger charge is 2.16. The zero-order valence-electron chi connectivity index (χ0n) is 16.3. The standard InChI is InChI=1S/C24H19F2N3O2/c25-17-9-6-15(7-10-17)8-11-20-18-12-22(19(26)13-21(18)29-28-20)27-24(31)14-23(30)16-4-2-1-3-5-16/h1-13,23,30H,14H2,(H,27,31)(H,28,29)/b11-8+/t23-/m1/s1. The molecule has 3 aromatic carbocycles. The Hall–Kier alpha value is -3.84. The van der Waals surface area contributed by atoms with Crippen LogP contribution in [0, 0.1) is 11.6 Å². The number of fused-ring (bicyclic) bond motifs is 1. The van der Waals surface area contributed by atoms with Gasteiger partial charge in [-0.3, -0.25) is 9.89 Å². The van der Waals surface area contributed by atoms with Crippen molar-refractivity contribution in [1.82, 2.24) is 10.2 Å². The summed E-state index contributed by atoms with van der Waals surface area (Å²) in [5.41, 5.74) is 2.40. The van der Waals surface area contributed by atoms with Crippen molar-refractivity contribution in [3.05, 3.63) is 95.2 Å². The Labute approximate surface area is 177 Å². The van der Waals surface area contributed by atoms with Crippen LogP contribution < -0.4 is 5.32 Å². The van der Waals surface area contributed by atoms with Gasteiger partial charge >= 0.3 is 0 Å². The maximum atomic E-state index is 14.5. The smallest absolute Gasteiger partial charge is 0.227 e. The Bertz CT molecular complexity index is 1240. The van der Waals surface area contributed by atoms with Crippen LogP contribution in [0.15, 0.2) is 66.7 Å². The number of halogens is 2. The van der Waals surface area contributed by atoms with E-state index in [0.717, 1.165) is 5.56 Å². The number of benzene rings is 3. The van der Waals surface area contributed by atoms with E-state index in [-0.39, 0.29) is 17.9 Å². The maximum Gasteiger partial charge on any atom is 0.227 e. The minimum atomic E-state index is -0.990. The molecule has 0 spiro atoms. The Morgan fingerprint density at radius 1 is 1.06 bits per heavy atom. The number of rotatable bonds is 6. The van der Waals surface area contributed by atoms with Crippen LogP contribution in [0.5, 0.6) is 0 Å². The Kier molecular flexibility index (Phi) is 5.86. The third kappa shape index (κ3) is 4.84. The summed E-state index contributed by atoms with van der Waals surface area (Å²) in [4.78, 5) is 12.3. The molecule has 7 heteroatoms. The molecule has 0 saturated heterocycles. The van der Waals surface area contributed by atoms with Crippen LogP contribution in [-0.2, 0) is 4.79 Å². The first-order valence-electron chi connectivity index (χ1n) is 9.64. The molecular formula is C24H19F2N3O2. The van der Waals surface area contributed by atoms with Crippen molar-refractivity contribution >= 4 is 34.6 Å². The second-order valence-electron chi connectivity index (χ2n) is 7.05. The summed E-state index contributed by atoms with van der Waals surface area (Å²) >= 11 is 0. The lowest BCUT2D eigenvalue weighted by Gasteiger charge is -2.12. The molecule has 1 amide bonds. The Balaban J connectivity index is 1.53. The number of anilines is 1. The lowest BCUT2D eigenvalue weighted by atomic mass is 10.1. The van der Waals surface area contributed by atoms with Crippen LogP contribution in [0.3, 0.4) is 0 Å². The Morgan fingerprint density at radius 3 is 2.55 bits per heavy atom. The minimum absolute atomic E-state index is 0.00408. The van der Waals surface area contributed by atoms with E-state index in [1.54, 1.807) is 48.6 Å². The first-order chi connectivity index (χ1) is 15.0. The number of nitrogens with one attached hydrogen (secondary N) is 2. The lowest BCUT2D eigenvalue weighted by Crippen LogP contribution is -2.16. The zero-order valence-corrected chi connectivity index (χ0v) is 16.3. The first kappa shape index (κ1) is 20.4. The maximum absolute atomic E-state index is 14.5. The van der Waals surface area contributed by atoms with Crippen LogP contribution in [-0.4, -0.2) is 21.2 Å². The number of aromatic amines is 1. The highest BCUT2D eigenvalue weighted by Crippen LogP contribution is 2.26. The van der Waals surface area contributed by atoms with Gasteiger partial charge in [0.05, 0.1) is 29.4 Å². The summed E-state index contributed by atoms with van der Waals surface area (Å²) in [6.07, 6.45) is 2.28. The average molecular weight is 419 g/mol. The summed E-state index contributed by atoms with van der Waals surface area (Å²) in [5.74, 6) is -1.45. The molecule has 156 valence electrons.